The van der Waals surface area contributed by atoms with Gasteiger partial charge in [0.15, 0.2) is 0 Å². The molecule has 112 valence electrons. The monoisotopic (exact) mass is 346 g/mol. The molecule has 0 aliphatic heterocycles. The SMILES string of the molecule is CC1CCC(NCc2ccc(Br)c3cccnc23)C(C)C1. The Kier molecular flexibility index (Phi) is 4.60. The highest BCUT2D eigenvalue weighted by atomic mass is 79.9. The van der Waals surface area contributed by atoms with Crippen molar-refractivity contribution in [1.29, 1.82) is 0 Å². The van der Waals surface area contributed by atoms with E-state index in [0.29, 0.717) is 6.04 Å². The molecule has 0 radical (unpaired) electrons. The van der Waals surface area contributed by atoms with Crippen molar-refractivity contribution >= 4 is 26.8 Å². The van der Waals surface area contributed by atoms with Gasteiger partial charge in [-0.1, -0.05) is 41.9 Å². The Bertz CT molecular complexity index is 626. The first kappa shape index (κ1) is 15.0. The summed E-state index contributed by atoms with van der Waals surface area (Å²) in [4.78, 5) is 4.57. The number of halogens is 1. The normalized spacial score (nSPS) is 26.1. The van der Waals surface area contributed by atoms with Crippen LogP contribution >= 0.6 is 15.9 Å². The molecule has 1 saturated carbocycles. The predicted octanol–water partition coefficient (Wildman–Crippen LogP) is 4.91. The lowest BCUT2D eigenvalue weighted by Crippen LogP contribution is -2.38. The summed E-state index contributed by atoms with van der Waals surface area (Å²) in [5.41, 5.74) is 2.40. The summed E-state index contributed by atoms with van der Waals surface area (Å²) in [7, 11) is 0. The maximum atomic E-state index is 4.57. The number of nitrogens with one attached hydrogen (secondary N) is 1. The third kappa shape index (κ3) is 3.29. The lowest BCUT2D eigenvalue weighted by molar-refractivity contribution is 0.227. The van der Waals surface area contributed by atoms with Crippen molar-refractivity contribution in [3.05, 3.63) is 40.5 Å². The molecule has 1 aliphatic rings. The third-order valence-corrected chi connectivity index (χ3v) is 5.48. The Morgan fingerprint density at radius 1 is 1.24 bits per heavy atom. The van der Waals surface area contributed by atoms with Gasteiger partial charge in [-0.2, -0.15) is 0 Å². The lowest BCUT2D eigenvalue weighted by atomic mass is 9.80. The Labute approximate surface area is 135 Å². The van der Waals surface area contributed by atoms with E-state index in [1.165, 1.54) is 30.2 Å². The molecular formula is C18H23BrN2. The predicted molar refractivity (Wildman–Crippen MR) is 92.2 cm³/mol. The zero-order chi connectivity index (χ0) is 14.8. The fraction of sp³-hybridized carbons (Fsp3) is 0.500. The molecular weight excluding hydrogens is 324 g/mol. The Balaban J connectivity index is 1.75. The fourth-order valence-corrected chi connectivity index (χ4v) is 4.00. The number of benzene rings is 1. The van der Waals surface area contributed by atoms with Gasteiger partial charge in [0, 0.05) is 28.6 Å². The van der Waals surface area contributed by atoms with Gasteiger partial charge in [0.1, 0.15) is 0 Å². The van der Waals surface area contributed by atoms with Gasteiger partial charge in [-0.15, -0.1) is 0 Å². The van der Waals surface area contributed by atoms with Gasteiger partial charge in [0.2, 0.25) is 0 Å². The molecule has 1 aromatic heterocycles. The summed E-state index contributed by atoms with van der Waals surface area (Å²) in [5.74, 6) is 1.65. The standard InChI is InChI=1S/C18H23BrN2/c1-12-5-8-17(13(2)10-12)21-11-14-6-7-16(19)15-4-3-9-20-18(14)15/h3-4,6-7,9,12-13,17,21H,5,8,10-11H2,1-2H3. The van der Waals surface area contributed by atoms with Crippen LogP contribution in [-0.4, -0.2) is 11.0 Å². The number of hydrogen-bond donors (Lipinski definition) is 1. The van der Waals surface area contributed by atoms with Crippen LogP contribution in [0.2, 0.25) is 0 Å². The summed E-state index contributed by atoms with van der Waals surface area (Å²) in [5, 5.41) is 4.96. The molecule has 1 aromatic carbocycles. The first-order valence-electron chi connectivity index (χ1n) is 7.90. The molecule has 0 saturated heterocycles. The average Bonchev–Trinajstić information content (AvgIpc) is 2.48. The van der Waals surface area contributed by atoms with E-state index in [1.54, 1.807) is 0 Å². The van der Waals surface area contributed by atoms with Gasteiger partial charge < -0.3 is 5.32 Å². The van der Waals surface area contributed by atoms with Crippen molar-refractivity contribution in [1.82, 2.24) is 10.3 Å². The van der Waals surface area contributed by atoms with E-state index in [1.807, 2.05) is 12.3 Å². The van der Waals surface area contributed by atoms with Crippen molar-refractivity contribution in [2.75, 3.05) is 0 Å². The second-order valence-corrected chi connectivity index (χ2v) is 7.34. The van der Waals surface area contributed by atoms with Crippen LogP contribution in [0.1, 0.15) is 38.7 Å². The molecule has 0 amide bonds. The Hall–Kier alpha value is -0.930. The number of pyridine rings is 1. The van der Waals surface area contributed by atoms with Crippen LogP contribution in [0.25, 0.3) is 10.9 Å². The first-order valence-corrected chi connectivity index (χ1v) is 8.70. The molecule has 1 heterocycles. The highest BCUT2D eigenvalue weighted by Gasteiger charge is 2.24. The molecule has 0 bridgehead atoms. The van der Waals surface area contributed by atoms with Crippen LogP contribution in [0, 0.1) is 11.8 Å². The van der Waals surface area contributed by atoms with E-state index >= 15 is 0 Å². The zero-order valence-electron chi connectivity index (χ0n) is 12.8. The van der Waals surface area contributed by atoms with Crippen molar-refractivity contribution < 1.29 is 0 Å². The minimum absolute atomic E-state index is 0.642. The molecule has 2 nitrogen and oxygen atoms in total. The van der Waals surface area contributed by atoms with Crippen molar-refractivity contribution in [3.8, 4) is 0 Å². The summed E-state index contributed by atoms with van der Waals surface area (Å²) < 4.78 is 1.12. The van der Waals surface area contributed by atoms with Crippen LogP contribution in [-0.2, 0) is 6.54 Å². The topological polar surface area (TPSA) is 24.9 Å². The number of fused-ring (bicyclic) bond motifs is 1. The maximum Gasteiger partial charge on any atom is 0.0758 e. The Morgan fingerprint density at radius 3 is 2.90 bits per heavy atom. The van der Waals surface area contributed by atoms with E-state index in [9.17, 15) is 0 Å². The van der Waals surface area contributed by atoms with E-state index < -0.39 is 0 Å². The minimum atomic E-state index is 0.642. The van der Waals surface area contributed by atoms with Gasteiger partial charge >= 0.3 is 0 Å². The quantitative estimate of drug-likeness (QED) is 0.853. The van der Waals surface area contributed by atoms with Gasteiger partial charge in [0.05, 0.1) is 5.52 Å². The highest BCUT2D eigenvalue weighted by molar-refractivity contribution is 9.10. The molecule has 21 heavy (non-hydrogen) atoms. The molecule has 3 atom stereocenters. The second-order valence-electron chi connectivity index (χ2n) is 6.49. The van der Waals surface area contributed by atoms with Gasteiger partial charge in [-0.25, -0.2) is 0 Å². The molecule has 1 N–H and O–H groups in total. The molecule has 1 fully saturated rings. The van der Waals surface area contributed by atoms with Crippen LogP contribution in [0.4, 0.5) is 0 Å². The number of hydrogen-bond acceptors (Lipinski definition) is 2. The number of aromatic nitrogens is 1. The van der Waals surface area contributed by atoms with Crippen LogP contribution < -0.4 is 5.32 Å². The third-order valence-electron chi connectivity index (χ3n) is 4.79. The summed E-state index contributed by atoms with van der Waals surface area (Å²) in [6, 6.07) is 9.08. The molecule has 1 aliphatic carbocycles. The number of nitrogens with zero attached hydrogens (tertiary/aromatic N) is 1. The van der Waals surface area contributed by atoms with Gasteiger partial charge in [-0.05, 0) is 48.8 Å². The smallest absolute Gasteiger partial charge is 0.0758 e. The van der Waals surface area contributed by atoms with E-state index in [2.05, 4.69) is 58.3 Å². The Morgan fingerprint density at radius 2 is 2.10 bits per heavy atom. The maximum absolute atomic E-state index is 4.57. The molecule has 0 spiro atoms. The molecule has 3 heteroatoms. The van der Waals surface area contributed by atoms with Crippen LogP contribution in [0.5, 0.6) is 0 Å². The summed E-state index contributed by atoms with van der Waals surface area (Å²) >= 11 is 3.61. The largest absolute Gasteiger partial charge is 0.310 e. The summed E-state index contributed by atoms with van der Waals surface area (Å²) in [6.07, 6.45) is 5.87. The van der Waals surface area contributed by atoms with Crippen molar-refractivity contribution in [2.45, 2.75) is 45.7 Å². The highest BCUT2D eigenvalue weighted by Crippen LogP contribution is 2.29. The lowest BCUT2D eigenvalue weighted by Gasteiger charge is -2.33. The molecule has 3 rings (SSSR count). The zero-order valence-corrected chi connectivity index (χ0v) is 14.4. The van der Waals surface area contributed by atoms with Crippen LogP contribution in [0.15, 0.2) is 34.9 Å². The first-order chi connectivity index (χ1) is 10.1. The minimum Gasteiger partial charge on any atom is -0.310 e. The average molecular weight is 347 g/mol. The summed E-state index contributed by atoms with van der Waals surface area (Å²) in [6.45, 7) is 5.66. The fourth-order valence-electron chi connectivity index (χ4n) is 3.55. The van der Waals surface area contributed by atoms with Gasteiger partial charge in [0.25, 0.3) is 0 Å². The van der Waals surface area contributed by atoms with Crippen LogP contribution in [0.3, 0.4) is 0 Å². The van der Waals surface area contributed by atoms with Crippen molar-refractivity contribution in [2.24, 2.45) is 11.8 Å². The molecule has 2 aromatic rings. The van der Waals surface area contributed by atoms with E-state index in [-0.39, 0.29) is 0 Å². The van der Waals surface area contributed by atoms with Crippen molar-refractivity contribution in [3.63, 3.8) is 0 Å². The van der Waals surface area contributed by atoms with E-state index in [0.717, 1.165) is 28.4 Å². The number of rotatable bonds is 3. The van der Waals surface area contributed by atoms with E-state index in [4.69, 9.17) is 0 Å². The second kappa shape index (κ2) is 6.45. The molecule has 3 unspecified atom stereocenters. The van der Waals surface area contributed by atoms with Gasteiger partial charge in [-0.3, -0.25) is 4.98 Å².